The normalized spacial score (nSPS) is 12.3. The van der Waals surface area contributed by atoms with E-state index in [0.717, 1.165) is 6.42 Å². The number of rotatable bonds is 7. The number of anilines is 1. The maximum atomic E-state index is 11.1. The minimum absolute atomic E-state index is 0.0417. The summed E-state index contributed by atoms with van der Waals surface area (Å²) in [4.78, 5) is 20.1. The fraction of sp³-hybridized carbons (Fsp3) is 0.667. The number of hydrogen-bond acceptors (Lipinski definition) is 7. The number of nitrogens with zero attached hydrogens (tertiary/aromatic N) is 4. The summed E-state index contributed by atoms with van der Waals surface area (Å²) in [6.07, 6.45) is 1.97. The molecule has 0 saturated heterocycles. The summed E-state index contributed by atoms with van der Waals surface area (Å²) in [5.74, 6) is 0.552. The van der Waals surface area contributed by atoms with Crippen LogP contribution in [0.3, 0.4) is 0 Å². The fourth-order valence-electron chi connectivity index (χ4n) is 1.72. The van der Waals surface area contributed by atoms with Crippen LogP contribution >= 0.6 is 0 Å². The zero-order valence-electron chi connectivity index (χ0n) is 12.2. The largest absolute Gasteiger partial charge is 0.476 e. The van der Waals surface area contributed by atoms with Crippen molar-refractivity contribution in [3.05, 3.63) is 16.4 Å². The molecule has 8 heteroatoms. The molecule has 8 nitrogen and oxygen atoms in total. The molecule has 0 amide bonds. The van der Waals surface area contributed by atoms with Gasteiger partial charge in [-0.05, 0) is 12.3 Å². The lowest BCUT2D eigenvalue weighted by atomic mass is 10.0. The smallest absolute Gasteiger partial charge is 0.372 e. The Balaban J connectivity index is 2.92. The van der Waals surface area contributed by atoms with Gasteiger partial charge in [0.15, 0.2) is 0 Å². The number of nitro groups is 1. The average Bonchev–Trinajstić information content (AvgIpc) is 2.42. The number of nitrogens with two attached hydrogens (primary N) is 1. The van der Waals surface area contributed by atoms with Gasteiger partial charge >= 0.3 is 5.69 Å². The van der Waals surface area contributed by atoms with Gasteiger partial charge in [0.1, 0.15) is 6.33 Å². The van der Waals surface area contributed by atoms with E-state index < -0.39 is 4.92 Å². The molecular formula is C12H21N5O3. The topological polar surface area (TPSA) is 107 Å². The zero-order valence-corrected chi connectivity index (χ0v) is 12.2. The standard InChI is InChI=1S/C12H21N5O3/c1-8(2)9(13)5-6-16(3)11-10(17(18)19)12(20-4)15-7-14-11/h7-9H,5-6,13H2,1-4H3. The molecule has 2 N–H and O–H groups in total. The second-order valence-corrected chi connectivity index (χ2v) is 4.93. The molecule has 0 bridgehead atoms. The van der Waals surface area contributed by atoms with Crippen molar-refractivity contribution in [2.75, 3.05) is 25.6 Å². The molecule has 1 heterocycles. The third kappa shape index (κ3) is 3.77. The van der Waals surface area contributed by atoms with Crippen molar-refractivity contribution >= 4 is 11.5 Å². The summed E-state index contributed by atoms with van der Waals surface area (Å²) in [5.41, 5.74) is 5.75. The molecule has 0 aliphatic carbocycles. The molecule has 20 heavy (non-hydrogen) atoms. The van der Waals surface area contributed by atoms with Gasteiger partial charge in [-0.1, -0.05) is 13.8 Å². The quantitative estimate of drug-likeness (QED) is 0.591. The molecule has 1 rings (SSSR count). The summed E-state index contributed by atoms with van der Waals surface area (Å²) in [6.45, 7) is 4.65. The van der Waals surface area contributed by atoms with E-state index in [1.54, 1.807) is 11.9 Å². The van der Waals surface area contributed by atoms with E-state index in [1.807, 2.05) is 13.8 Å². The van der Waals surface area contributed by atoms with Gasteiger partial charge in [0.05, 0.1) is 12.0 Å². The van der Waals surface area contributed by atoms with E-state index in [-0.39, 0.29) is 23.4 Å². The van der Waals surface area contributed by atoms with Crippen molar-refractivity contribution < 1.29 is 9.66 Å². The van der Waals surface area contributed by atoms with Crippen molar-refractivity contribution in [3.63, 3.8) is 0 Å². The van der Waals surface area contributed by atoms with Crippen molar-refractivity contribution in [2.24, 2.45) is 11.7 Å². The van der Waals surface area contributed by atoms with Crippen LogP contribution in [0.15, 0.2) is 6.33 Å². The van der Waals surface area contributed by atoms with Gasteiger partial charge in [0, 0.05) is 19.6 Å². The molecule has 0 aliphatic heterocycles. The first-order chi connectivity index (χ1) is 9.38. The predicted octanol–water partition coefficient (Wildman–Crippen LogP) is 1.20. The van der Waals surface area contributed by atoms with Crippen LogP contribution < -0.4 is 15.4 Å². The van der Waals surface area contributed by atoms with Crippen LogP contribution in [0.1, 0.15) is 20.3 Å². The second kappa shape index (κ2) is 6.99. The minimum Gasteiger partial charge on any atom is -0.476 e. The molecule has 1 aromatic rings. The Bertz CT molecular complexity index is 466. The number of aromatic nitrogens is 2. The highest BCUT2D eigenvalue weighted by Crippen LogP contribution is 2.32. The Hall–Kier alpha value is -1.96. The van der Waals surface area contributed by atoms with Gasteiger partial charge in [-0.3, -0.25) is 10.1 Å². The average molecular weight is 283 g/mol. The molecule has 1 aromatic heterocycles. The van der Waals surface area contributed by atoms with Crippen LogP contribution in [0.25, 0.3) is 0 Å². The van der Waals surface area contributed by atoms with E-state index >= 15 is 0 Å². The van der Waals surface area contributed by atoms with Gasteiger partial charge < -0.3 is 15.4 Å². The monoisotopic (exact) mass is 283 g/mol. The van der Waals surface area contributed by atoms with Crippen molar-refractivity contribution in [2.45, 2.75) is 26.3 Å². The predicted molar refractivity (Wildman–Crippen MR) is 75.9 cm³/mol. The fourth-order valence-corrected chi connectivity index (χ4v) is 1.72. The molecule has 0 spiro atoms. The molecule has 0 aliphatic rings. The molecule has 1 atom stereocenters. The van der Waals surface area contributed by atoms with Crippen LogP contribution in [0.5, 0.6) is 5.88 Å². The van der Waals surface area contributed by atoms with Gasteiger partial charge in [0.2, 0.25) is 5.82 Å². The molecule has 0 saturated carbocycles. The summed E-state index contributed by atoms with van der Waals surface area (Å²) >= 11 is 0. The maximum absolute atomic E-state index is 11.1. The number of hydrogen-bond donors (Lipinski definition) is 1. The lowest BCUT2D eigenvalue weighted by molar-refractivity contribution is -0.385. The van der Waals surface area contributed by atoms with Crippen molar-refractivity contribution in [1.29, 1.82) is 0 Å². The molecule has 0 radical (unpaired) electrons. The van der Waals surface area contributed by atoms with Crippen LogP contribution in [0.4, 0.5) is 11.5 Å². The summed E-state index contributed by atoms with van der Waals surface area (Å²) < 4.78 is 4.92. The minimum atomic E-state index is -0.535. The van der Waals surface area contributed by atoms with E-state index in [1.165, 1.54) is 13.4 Å². The van der Waals surface area contributed by atoms with E-state index in [2.05, 4.69) is 9.97 Å². The first-order valence-corrected chi connectivity index (χ1v) is 6.38. The molecular weight excluding hydrogens is 262 g/mol. The first kappa shape index (κ1) is 16.1. The van der Waals surface area contributed by atoms with Crippen molar-refractivity contribution in [3.8, 4) is 5.88 Å². The molecule has 1 unspecified atom stereocenters. The Morgan fingerprint density at radius 3 is 2.65 bits per heavy atom. The van der Waals surface area contributed by atoms with Gasteiger partial charge in [0.25, 0.3) is 5.88 Å². The van der Waals surface area contributed by atoms with Crippen LogP contribution in [0.2, 0.25) is 0 Å². The Morgan fingerprint density at radius 2 is 2.15 bits per heavy atom. The summed E-state index contributed by atoms with van der Waals surface area (Å²) in [7, 11) is 3.08. The van der Waals surface area contributed by atoms with E-state index in [9.17, 15) is 10.1 Å². The lowest BCUT2D eigenvalue weighted by Gasteiger charge is -2.22. The first-order valence-electron chi connectivity index (χ1n) is 6.38. The number of ether oxygens (including phenoxy) is 1. The van der Waals surface area contributed by atoms with Gasteiger partial charge in [-0.15, -0.1) is 0 Å². The Kier molecular flexibility index (Phi) is 5.63. The van der Waals surface area contributed by atoms with Crippen molar-refractivity contribution in [1.82, 2.24) is 9.97 Å². The third-order valence-corrected chi connectivity index (χ3v) is 3.16. The number of methoxy groups -OCH3 is 1. The summed E-state index contributed by atoms with van der Waals surface area (Å²) in [5, 5.41) is 11.1. The van der Waals surface area contributed by atoms with Crippen LogP contribution in [-0.4, -0.2) is 41.6 Å². The Labute approximate surface area is 118 Å². The maximum Gasteiger partial charge on any atom is 0.372 e. The second-order valence-electron chi connectivity index (χ2n) is 4.93. The SMILES string of the molecule is COc1ncnc(N(C)CCC(N)C(C)C)c1[N+](=O)[O-]. The van der Waals surface area contributed by atoms with Crippen LogP contribution in [0, 0.1) is 16.0 Å². The molecule has 0 aromatic carbocycles. The molecule has 112 valence electrons. The highest BCUT2D eigenvalue weighted by molar-refractivity contribution is 5.62. The highest BCUT2D eigenvalue weighted by Gasteiger charge is 2.26. The summed E-state index contributed by atoms with van der Waals surface area (Å²) in [6, 6.07) is 0.0419. The zero-order chi connectivity index (χ0) is 15.3. The Morgan fingerprint density at radius 1 is 1.50 bits per heavy atom. The van der Waals surface area contributed by atoms with E-state index in [0.29, 0.717) is 12.5 Å². The molecule has 0 fully saturated rings. The van der Waals surface area contributed by atoms with Crippen LogP contribution in [-0.2, 0) is 0 Å². The van der Waals surface area contributed by atoms with Gasteiger partial charge in [-0.25, -0.2) is 4.98 Å². The highest BCUT2D eigenvalue weighted by atomic mass is 16.6. The lowest BCUT2D eigenvalue weighted by Crippen LogP contribution is -2.32. The van der Waals surface area contributed by atoms with E-state index in [4.69, 9.17) is 10.5 Å². The third-order valence-electron chi connectivity index (χ3n) is 3.16. The van der Waals surface area contributed by atoms with Gasteiger partial charge in [-0.2, -0.15) is 4.98 Å².